The minimum atomic E-state index is -0.341. The molecule has 1 aromatic heterocycles. The molecule has 0 saturated heterocycles. The average molecular weight is 377 g/mol. The van der Waals surface area contributed by atoms with Crippen LogP contribution in [0.1, 0.15) is 44.3 Å². The van der Waals surface area contributed by atoms with Gasteiger partial charge >= 0.3 is 5.97 Å². The van der Waals surface area contributed by atoms with Crippen LogP contribution in [0.5, 0.6) is 0 Å². The maximum absolute atomic E-state index is 13.1. The Kier molecular flexibility index (Phi) is 4.01. The van der Waals surface area contributed by atoms with Crippen molar-refractivity contribution in [3.8, 4) is 6.07 Å². The van der Waals surface area contributed by atoms with E-state index in [9.17, 15) is 9.59 Å². The summed E-state index contributed by atoms with van der Waals surface area (Å²) in [5.74, 6) is 2.18. The molecule has 0 atom stereocenters. The van der Waals surface area contributed by atoms with Crippen molar-refractivity contribution >= 4 is 16.9 Å². The quantitative estimate of drug-likeness (QED) is 0.764. The summed E-state index contributed by atoms with van der Waals surface area (Å²) in [6.45, 7) is -0.177. The Balaban J connectivity index is 1.41. The molecule has 4 bridgehead atoms. The second-order valence-electron chi connectivity index (χ2n) is 8.87. The summed E-state index contributed by atoms with van der Waals surface area (Å²) >= 11 is 0. The Bertz CT molecular complexity index is 1010. The lowest BCUT2D eigenvalue weighted by atomic mass is 9.49. The number of ether oxygens (including phenoxy) is 1. The van der Waals surface area contributed by atoms with Crippen LogP contribution >= 0.6 is 0 Å². The molecule has 6 heteroatoms. The third kappa shape index (κ3) is 2.72. The van der Waals surface area contributed by atoms with E-state index in [2.05, 4.69) is 4.98 Å². The first-order chi connectivity index (χ1) is 13.6. The minimum Gasteiger partial charge on any atom is -0.457 e. The van der Waals surface area contributed by atoms with E-state index in [4.69, 9.17) is 10.00 Å². The van der Waals surface area contributed by atoms with Crippen molar-refractivity contribution in [1.29, 1.82) is 5.26 Å². The Labute approximate surface area is 163 Å². The fraction of sp³-hybridized carbons (Fsp3) is 0.545. The van der Waals surface area contributed by atoms with Crippen LogP contribution in [0.15, 0.2) is 29.1 Å². The van der Waals surface area contributed by atoms with E-state index in [-0.39, 0.29) is 30.1 Å². The van der Waals surface area contributed by atoms with Crippen LogP contribution in [-0.4, -0.2) is 15.5 Å². The van der Waals surface area contributed by atoms with Crippen LogP contribution in [0, 0.1) is 34.5 Å². The zero-order valence-corrected chi connectivity index (χ0v) is 15.8. The molecule has 0 aliphatic heterocycles. The highest BCUT2D eigenvalue weighted by molar-refractivity contribution is 5.78. The normalized spacial score (nSPS) is 30.3. The zero-order valence-electron chi connectivity index (χ0n) is 15.8. The van der Waals surface area contributed by atoms with Gasteiger partial charge in [0.1, 0.15) is 13.2 Å². The van der Waals surface area contributed by atoms with E-state index in [1.165, 1.54) is 23.8 Å². The first-order valence-corrected chi connectivity index (χ1v) is 10.1. The Morgan fingerprint density at radius 2 is 1.82 bits per heavy atom. The molecule has 28 heavy (non-hydrogen) atoms. The largest absolute Gasteiger partial charge is 0.457 e. The first-order valence-electron chi connectivity index (χ1n) is 10.1. The predicted molar refractivity (Wildman–Crippen MR) is 102 cm³/mol. The number of nitrogens with zero attached hydrogens (tertiary/aromatic N) is 3. The summed E-state index contributed by atoms with van der Waals surface area (Å²) in [6, 6.07) is 9.06. The monoisotopic (exact) mass is 377 g/mol. The van der Waals surface area contributed by atoms with Crippen LogP contribution in [0.25, 0.3) is 10.9 Å². The van der Waals surface area contributed by atoms with Crippen LogP contribution in [0.2, 0.25) is 0 Å². The van der Waals surface area contributed by atoms with Gasteiger partial charge in [0.2, 0.25) is 0 Å². The second kappa shape index (κ2) is 6.44. The molecule has 4 fully saturated rings. The number of esters is 1. The van der Waals surface area contributed by atoms with Crippen molar-refractivity contribution < 1.29 is 9.53 Å². The molecule has 4 saturated carbocycles. The molecule has 1 aromatic carbocycles. The number of carbonyl (C=O) groups is 1. The first kappa shape index (κ1) is 17.4. The summed E-state index contributed by atoms with van der Waals surface area (Å²) in [5, 5.41) is 9.59. The lowest BCUT2D eigenvalue weighted by molar-refractivity contribution is -0.173. The van der Waals surface area contributed by atoms with Crippen molar-refractivity contribution in [2.75, 3.05) is 0 Å². The van der Waals surface area contributed by atoms with Crippen LogP contribution in [0.4, 0.5) is 0 Å². The van der Waals surface area contributed by atoms with Gasteiger partial charge in [-0.25, -0.2) is 4.98 Å². The molecule has 1 heterocycles. The van der Waals surface area contributed by atoms with Gasteiger partial charge in [-0.05, 0) is 68.4 Å². The van der Waals surface area contributed by atoms with Gasteiger partial charge in [0, 0.05) is 0 Å². The lowest BCUT2D eigenvalue weighted by Gasteiger charge is -2.55. The van der Waals surface area contributed by atoms with Crippen molar-refractivity contribution in [2.24, 2.45) is 23.2 Å². The summed E-state index contributed by atoms with van der Waals surface area (Å²) < 4.78 is 7.05. The van der Waals surface area contributed by atoms with E-state index in [0.717, 1.165) is 19.3 Å². The van der Waals surface area contributed by atoms with Gasteiger partial charge in [-0.1, -0.05) is 12.1 Å². The van der Waals surface area contributed by atoms with Crippen molar-refractivity contribution in [3.63, 3.8) is 0 Å². The van der Waals surface area contributed by atoms with E-state index in [1.807, 2.05) is 12.1 Å². The number of fused-ring (bicyclic) bond motifs is 1. The van der Waals surface area contributed by atoms with Gasteiger partial charge in [0.25, 0.3) is 5.56 Å². The van der Waals surface area contributed by atoms with Crippen LogP contribution < -0.4 is 5.56 Å². The van der Waals surface area contributed by atoms with Crippen molar-refractivity contribution in [2.45, 2.75) is 51.7 Å². The highest BCUT2D eigenvalue weighted by atomic mass is 16.5. The van der Waals surface area contributed by atoms with Gasteiger partial charge in [0.05, 0.1) is 22.4 Å². The molecule has 2 aromatic rings. The smallest absolute Gasteiger partial charge is 0.312 e. The number of rotatable bonds is 4. The van der Waals surface area contributed by atoms with Crippen LogP contribution in [0.3, 0.4) is 0 Å². The third-order valence-corrected chi connectivity index (χ3v) is 6.97. The molecule has 4 aliphatic rings. The van der Waals surface area contributed by atoms with Crippen molar-refractivity contribution in [3.05, 3.63) is 40.4 Å². The standard InChI is InChI=1S/C22H23N3O3/c23-5-6-25-19(24-18-4-2-1-3-17(18)20(25)26)13-28-21(27)22-10-14-7-15(11-22)9-16(8-14)12-22/h1-4,14-16H,6-13H2. The van der Waals surface area contributed by atoms with E-state index >= 15 is 0 Å². The summed E-state index contributed by atoms with van der Waals surface area (Å²) in [6.07, 6.45) is 6.61. The topological polar surface area (TPSA) is 85.0 Å². The number of benzene rings is 1. The molecule has 6 nitrogen and oxygen atoms in total. The van der Waals surface area contributed by atoms with Gasteiger partial charge < -0.3 is 4.74 Å². The molecule has 144 valence electrons. The molecule has 0 radical (unpaired) electrons. The predicted octanol–water partition coefficient (Wildman–Crippen LogP) is 3.18. The summed E-state index contributed by atoms with van der Waals surface area (Å²) in [7, 11) is 0. The fourth-order valence-corrected chi connectivity index (χ4v) is 6.20. The molecule has 4 aliphatic carbocycles. The number of carbonyl (C=O) groups excluding carboxylic acids is 1. The molecule has 0 amide bonds. The number of nitriles is 1. The maximum atomic E-state index is 13.1. The van der Waals surface area contributed by atoms with Gasteiger partial charge in [-0.2, -0.15) is 5.26 Å². The number of hydrogen-bond acceptors (Lipinski definition) is 5. The van der Waals surface area contributed by atoms with Gasteiger partial charge in [-0.3, -0.25) is 14.2 Å². The van der Waals surface area contributed by atoms with Crippen molar-refractivity contribution in [1.82, 2.24) is 9.55 Å². The van der Waals surface area contributed by atoms with E-state index in [0.29, 0.717) is 34.5 Å². The molecule has 0 spiro atoms. The fourth-order valence-electron chi connectivity index (χ4n) is 6.20. The van der Waals surface area contributed by atoms with Gasteiger partial charge in [-0.15, -0.1) is 0 Å². The zero-order chi connectivity index (χ0) is 19.3. The number of aromatic nitrogens is 2. The third-order valence-electron chi connectivity index (χ3n) is 6.97. The maximum Gasteiger partial charge on any atom is 0.312 e. The number of para-hydroxylation sites is 1. The molecule has 6 rings (SSSR count). The van der Waals surface area contributed by atoms with E-state index in [1.54, 1.807) is 18.2 Å². The molecular formula is C22H23N3O3. The average Bonchev–Trinajstić information content (AvgIpc) is 2.67. The highest BCUT2D eigenvalue weighted by Gasteiger charge is 2.55. The van der Waals surface area contributed by atoms with Crippen LogP contribution in [-0.2, 0) is 22.7 Å². The highest BCUT2D eigenvalue weighted by Crippen LogP contribution is 2.60. The molecular weight excluding hydrogens is 354 g/mol. The molecule has 0 unspecified atom stereocenters. The molecule has 0 N–H and O–H groups in total. The number of hydrogen-bond donors (Lipinski definition) is 0. The Hall–Kier alpha value is -2.68. The Morgan fingerprint density at radius 1 is 1.18 bits per heavy atom. The minimum absolute atomic E-state index is 0.0671. The second-order valence-corrected chi connectivity index (χ2v) is 8.87. The summed E-state index contributed by atoms with van der Waals surface area (Å²) in [5.41, 5.74) is -0.0538. The van der Waals surface area contributed by atoms with Gasteiger partial charge in [0.15, 0.2) is 5.82 Å². The summed E-state index contributed by atoms with van der Waals surface area (Å²) in [4.78, 5) is 30.3. The van der Waals surface area contributed by atoms with E-state index < -0.39 is 0 Å². The SMILES string of the molecule is N#CCn1c(COC(=O)C23CC4CC(CC(C4)C2)C3)nc2ccccc2c1=O. The lowest BCUT2D eigenvalue weighted by Crippen LogP contribution is -2.50. The Morgan fingerprint density at radius 3 is 2.46 bits per heavy atom.